The number of ether oxygens (including phenoxy) is 1. The van der Waals surface area contributed by atoms with E-state index in [0.717, 1.165) is 44.9 Å². The van der Waals surface area contributed by atoms with Gasteiger partial charge in [-0.3, -0.25) is 0 Å². The van der Waals surface area contributed by atoms with Crippen LogP contribution >= 0.6 is 11.3 Å². The van der Waals surface area contributed by atoms with E-state index in [9.17, 15) is 4.79 Å². The van der Waals surface area contributed by atoms with E-state index < -0.39 is 0 Å². The normalized spacial score (nSPS) is 20.8. The highest BCUT2D eigenvalue weighted by molar-refractivity contribution is 7.10. The number of rotatable bonds is 7. The molecule has 1 aliphatic heterocycles. The van der Waals surface area contributed by atoms with Crippen molar-refractivity contribution < 1.29 is 9.53 Å². The second kappa shape index (κ2) is 7.47. The van der Waals surface area contributed by atoms with Gasteiger partial charge in [0.2, 0.25) is 0 Å². The van der Waals surface area contributed by atoms with Crippen molar-refractivity contribution >= 4 is 17.4 Å². The van der Waals surface area contributed by atoms with Crippen molar-refractivity contribution in [3.8, 4) is 0 Å². The fraction of sp³-hybridized carbons (Fsp3) is 0.706. The second-order valence-corrected chi connectivity index (χ2v) is 7.27. The predicted molar refractivity (Wildman–Crippen MR) is 89.3 cm³/mol. The molecule has 22 heavy (non-hydrogen) atoms. The second-order valence-electron chi connectivity index (χ2n) is 6.27. The van der Waals surface area contributed by atoms with E-state index in [1.807, 2.05) is 16.2 Å². The van der Waals surface area contributed by atoms with Gasteiger partial charge < -0.3 is 15.0 Å². The molecule has 1 unspecified atom stereocenters. The van der Waals surface area contributed by atoms with E-state index in [-0.39, 0.29) is 12.1 Å². The van der Waals surface area contributed by atoms with Gasteiger partial charge >= 0.3 is 6.03 Å². The number of amides is 2. The first-order valence-electron chi connectivity index (χ1n) is 8.48. The Morgan fingerprint density at radius 2 is 2.36 bits per heavy atom. The number of thiophene rings is 1. The molecule has 0 spiro atoms. The zero-order chi connectivity index (χ0) is 15.4. The number of carbonyl (C=O) groups is 1. The van der Waals surface area contributed by atoms with Gasteiger partial charge in [-0.2, -0.15) is 0 Å². The Morgan fingerprint density at radius 1 is 1.50 bits per heavy atom. The molecular formula is C17H26N2O2S. The molecule has 1 aliphatic carbocycles. The van der Waals surface area contributed by atoms with Gasteiger partial charge in [0.25, 0.3) is 0 Å². The van der Waals surface area contributed by atoms with Crippen molar-refractivity contribution in [2.75, 3.05) is 26.3 Å². The van der Waals surface area contributed by atoms with Gasteiger partial charge in [0.15, 0.2) is 0 Å². The summed E-state index contributed by atoms with van der Waals surface area (Å²) in [5, 5.41) is 5.20. The number of hydrogen-bond donors (Lipinski definition) is 1. The predicted octanol–water partition coefficient (Wildman–Crippen LogP) is 3.58. The fourth-order valence-corrected chi connectivity index (χ4v) is 4.01. The highest BCUT2D eigenvalue weighted by Gasteiger charge is 2.30. The zero-order valence-corrected chi connectivity index (χ0v) is 14.2. The van der Waals surface area contributed by atoms with E-state index in [4.69, 9.17) is 4.74 Å². The van der Waals surface area contributed by atoms with Gasteiger partial charge in [0.1, 0.15) is 0 Å². The largest absolute Gasteiger partial charge is 0.381 e. The monoisotopic (exact) mass is 322 g/mol. The quantitative estimate of drug-likeness (QED) is 0.780. The molecule has 1 N–H and O–H groups in total. The fourth-order valence-electron chi connectivity index (χ4n) is 3.09. The Morgan fingerprint density at radius 3 is 3.14 bits per heavy atom. The van der Waals surface area contributed by atoms with E-state index in [2.05, 4.69) is 23.7 Å². The third-order valence-electron chi connectivity index (χ3n) is 4.53. The van der Waals surface area contributed by atoms with Crippen molar-refractivity contribution in [2.45, 2.75) is 45.1 Å². The number of nitrogens with one attached hydrogen (secondary N) is 1. The third-order valence-corrected chi connectivity index (χ3v) is 5.53. The molecule has 1 atom stereocenters. The SMILES string of the molecule is CCC1c2ccsc2CCN1C(=O)NCCCOCC1CC1. The lowest BCUT2D eigenvalue weighted by Crippen LogP contribution is -2.45. The molecule has 1 fully saturated rings. The van der Waals surface area contributed by atoms with Gasteiger partial charge in [-0.1, -0.05) is 6.92 Å². The van der Waals surface area contributed by atoms with E-state index in [0.29, 0.717) is 6.54 Å². The summed E-state index contributed by atoms with van der Waals surface area (Å²) in [6.45, 7) is 5.34. The van der Waals surface area contributed by atoms with E-state index in [1.54, 1.807) is 0 Å². The van der Waals surface area contributed by atoms with Crippen molar-refractivity contribution in [1.82, 2.24) is 10.2 Å². The van der Waals surface area contributed by atoms with Crippen LogP contribution in [0.25, 0.3) is 0 Å². The molecule has 5 heteroatoms. The molecule has 3 rings (SSSR count). The molecule has 0 aromatic carbocycles. The summed E-state index contributed by atoms with van der Waals surface area (Å²) in [4.78, 5) is 15.9. The minimum absolute atomic E-state index is 0.0749. The highest BCUT2D eigenvalue weighted by atomic mass is 32.1. The van der Waals surface area contributed by atoms with Crippen LogP contribution < -0.4 is 5.32 Å². The minimum atomic E-state index is 0.0749. The summed E-state index contributed by atoms with van der Waals surface area (Å²) in [5.74, 6) is 0.813. The lowest BCUT2D eigenvalue weighted by molar-refractivity contribution is 0.121. The smallest absolute Gasteiger partial charge is 0.317 e. The van der Waals surface area contributed by atoms with Gasteiger partial charge in [0.05, 0.1) is 6.04 Å². The number of fused-ring (bicyclic) bond motifs is 1. The lowest BCUT2D eigenvalue weighted by atomic mass is 9.98. The third kappa shape index (κ3) is 3.82. The first-order chi connectivity index (χ1) is 10.8. The van der Waals surface area contributed by atoms with Crippen molar-refractivity contribution in [3.63, 3.8) is 0 Å². The number of nitrogens with zero attached hydrogens (tertiary/aromatic N) is 1. The molecular weight excluding hydrogens is 296 g/mol. The van der Waals surface area contributed by atoms with Crippen molar-refractivity contribution in [1.29, 1.82) is 0 Å². The maximum Gasteiger partial charge on any atom is 0.317 e. The average Bonchev–Trinajstić information content (AvgIpc) is 3.23. The first-order valence-corrected chi connectivity index (χ1v) is 9.36. The number of carbonyl (C=O) groups excluding carboxylic acids is 1. The molecule has 1 aromatic heterocycles. The topological polar surface area (TPSA) is 41.6 Å². The van der Waals surface area contributed by atoms with Gasteiger partial charge in [-0.05, 0) is 55.0 Å². The van der Waals surface area contributed by atoms with Crippen LogP contribution in [-0.4, -0.2) is 37.2 Å². The summed E-state index contributed by atoms with van der Waals surface area (Å²) in [6, 6.07) is 2.49. The molecule has 2 aliphatic rings. The van der Waals surface area contributed by atoms with Crippen LogP contribution in [0.1, 0.15) is 49.1 Å². The molecule has 4 nitrogen and oxygen atoms in total. The summed E-state index contributed by atoms with van der Waals surface area (Å²) in [7, 11) is 0. The van der Waals surface area contributed by atoms with E-state index in [1.165, 1.54) is 23.3 Å². The van der Waals surface area contributed by atoms with Crippen LogP contribution in [0.2, 0.25) is 0 Å². The zero-order valence-electron chi connectivity index (χ0n) is 13.3. The lowest BCUT2D eigenvalue weighted by Gasteiger charge is -2.35. The summed E-state index contributed by atoms with van der Waals surface area (Å²) in [6.07, 6.45) is 5.51. The first kappa shape index (κ1) is 15.8. The van der Waals surface area contributed by atoms with Crippen LogP contribution in [0.15, 0.2) is 11.4 Å². The Balaban J connectivity index is 1.41. The Labute approximate surface area is 136 Å². The highest BCUT2D eigenvalue weighted by Crippen LogP contribution is 2.35. The number of hydrogen-bond acceptors (Lipinski definition) is 3. The maximum atomic E-state index is 12.4. The van der Waals surface area contributed by atoms with Crippen LogP contribution in [-0.2, 0) is 11.2 Å². The van der Waals surface area contributed by atoms with Gasteiger partial charge in [-0.25, -0.2) is 4.79 Å². The molecule has 1 saturated carbocycles. The van der Waals surface area contributed by atoms with Crippen molar-refractivity contribution in [3.05, 3.63) is 21.9 Å². The van der Waals surface area contributed by atoms with E-state index >= 15 is 0 Å². The maximum absolute atomic E-state index is 12.4. The molecule has 2 amide bonds. The average molecular weight is 322 g/mol. The summed E-state index contributed by atoms with van der Waals surface area (Å²) in [5.41, 5.74) is 1.35. The summed E-state index contributed by atoms with van der Waals surface area (Å²) < 4.78 is 5.60. The van der Waals surface area contributed by atoms with Crippen LogP contribution in [0.4, 0.5) is 4.79 Å². The Bertz CT molecular complexity index is 499. The standard InChI is InChI=1S/C17H26N2O2S/c1-2-15-14-7-11-22-16(14)6-9-19(15)17(20)18-8-3-10-21-12-13-4-5-13/h7,11,13,15H,2-6,8-10,12H2,1H3,(H,18,20). The van der Waals surface area contributed by atoms with Crippen LogP contribution in [0.5, 0.6) is 0 Å². The molecule has 0 saturated heterocycles. The van der Waals surface area contributed by atoms with Crippen LogP contribution in [0.3, 0.4) is 0 Å². The molecule has 122 valence electrons. The van der Waals surface area contributed by atoms with Crippen molar-refractivity contribution in [2.24, 2.45) is 5.92 Å². The van der Waals surface area contributed by atoms with Gasteiger partial charge in [0, 0.05) is 31.2 Å². The molecule has 0 radical (unpaired) electrons. The molecule has 1 aromatic rings. The molecule has 2 heterocycles. The minimum Gasteiger partial charge on any atom is -0.381 e. The number of urea groups is 1. The van der Waals surface area contributed by atoms with Crippen LogP contribution in [0, 0.1) is 5.92 Å². The Hall–Kier alpha value is -1.07. The Kier molecular flexibility index (Phi) is 5.37. The summed E-state index contributed by atoms with van der Waals surface area (Å²) >= 11 is 1.82. The molecule has 0 bridgehead atoms. The van der Waals surface area contributed by atoms with Gasteiger partial charge in [-0.15, -0.1) is 11.3 Å².